The van der Waals surface area contributed by atoms with Gasteiger partial charge in [-0.2, -0.15) is 0 Å². The lowest BCUT2D eigenvalue weighted by Gasteiger charge is -2.62. The summed E-state index contributed by atoms with van der Waals surface area (Å²) in [5.74, 6) is 1.18. The molecule has 7 nitrogen and oxygen atoms in total. The molecule has 172 valence electrons. The van der Waals surface area contributed by atoms with Gasteiger partial charge in [-0.3, -0.25) is 9.69 Å². The van der Waals surface area contributed by atoms with Crippen molar-refractivity contribution in [1.82, 2.24) is 15.1 Å². The van der Waals surface area contributed by atoms with Crippen molar-refractivity contribution in [2.45, 2.75) is 67.3 Å². The standard InChI is InChI=1S/C25H33N3O4/c1-27(2)12-19(31)26-17-9-25(32)22-23-8-14-5-6-15(29)7-16(14)24(25,10-18(17)30)20(23)21(23)28(22)11-13-3-4-13/h5-7,13,17-18,20-22,29-30,32H,3-4,8-12H2,1-2H3,(H,26,31)/t17-,18-,20?,21?,22+,23?,24+,25+/m0/s1. The van der Waals surface area contributed by atoms with Gasteiger partial charge in [-0.1, -0.05) is 6.07 Å². The van der Waals surface area contributed by atoms with Crippen LogP contribution in [0.1, 0.15) is 36.8 Å². The summed E-state index contributed by atoms with van der Waals surface area (Å²) in [6, 6.07) is 5.71. The minimum atomic E-state index is -1.02. The third-order valence-corrected chi connectivity index (χ3v) is 9.86. The third kappa shape index (κ3) is 2.10. The van der Waals surface area contributed by atoms with Crippen molar-refractivity contribution in [2.75, 3.05) is 27.2 Å². The highest BCUT2D eigenvalue weighted by atomic mass is 16.3. The Labute approximate surface area is 188 Å². The summed E-state index contributed by atoms with van der Waals surface area (Å²) in [7, 11) is 3.69. The number of likely N-dealkylation sites (N-methyl/N-ethyl adjacent to an activating group) is 1. The average molecular weight is 440 g/mol. The number of carbonyl (C=O) groups is 1. The van der Waals surface area contributed by atoms with Gasteiger partial charge < -0.3 is 25.5 Å². The van der Waals surface area contributed by atoms with Crippen molar-refractivity contribution in [3.8, 4) is 5.75 Å². The summed E-state index contributed by atoms with van der Waals surface area (Å²) >= 11 is 0. The largest absolute Gasteiger partial charge is 0.508 e. The number of rotatable bonds is 5. The number of fused-ring (bicyclic) bond motifs is 2. The molecule has 3 unspecified atom stereocenters. The maximum Gasteiger partial charge on any atom is 0.234 e. The van der Waals surface area contributed by atoms with Crippen molar-refractivity contribution < 1.29 is 20.1 Å². The molecule has 32 heavy (non-hydrogen) atoms. The molecule has 0 radical (unpaired) electrons. The van der Waals surface area contributed by atoms with E-state index in [4.69, 9.17) is 0 Å². The van der Waals surface area contributed by atoms with Crippen LogP contribution in [0.25, 0.3) is 0 Å². The molecule has 4 saturated carbocycles. The number of aliphatic hydroxyl groups excluding tert-OH is 1. The van der Waals surface area contributed by atoms with Crippen LogP contribution < -0.4 is 5.32 Å². The molecule has 2 spiro atoms. The first-order valence-corrected chi connectivity index (χ1v) is 12.1. The molecular formula is C25H33N3O4. The van der Waals surface area contributed by atoms with Gasteiger partial charge in [-0.25, -0.2) is 0 Å². The first-order valence-electron chi connectivity index (χ1n) is 12.1. The molecule has 1 aliphatic heterocycles. The molecule has 1 saturated heterocycles. The molecule has 6 aliphatic rings. The van der Waals surface area contributed by atoms with Crippen molar-refractivity contribution in [1.29, 1.82) is 0 Å². The molecule has 7 rings (SSSR count). The van der Waals surface area contributed by atoms with Gasteiger partial charge in [0.05, 0.1) is 24.3 Å². The molecule has 4 N–H and O–H groups in total. The van der Waals surface area contributed by atoms with E-state index in [2.05, 4.69) is 10.2 Å². The number of aliphatic hydroxyl groups is 2. The summed E-state index contributed by atoms with van der Waals surface area (Å²) in [5.41, 5.74) is 0.784. The fraction of sp³-hybridized carbons (Fsp3) is 0.720. The van der Waals surface area contributed by atoms with Crippen LogP contribution in [0, 0.1) is 17.3 Å². The molecule has 0 aromatic heterocycles. The number of nitrogens with zero attached hydrogens (tertiary/aromatic N) is 2. The van der Waals surface area contributed by atoms with Crippen LogP contribution in [0.4, 0.5) is 0 Å². The Hall–Kier alpha value is -1.67. The Morgan fingerprint density at radius 3 is 2.78 bits per heavy atom. The second-order valence-corrected chi connectivity index (χ2v) is 11.9. The molecule has 5 aliphatic carbocycles. The molecule has 1 aromatic carbocycles. The number of amides is 1. The number of hydrogen-bond acceptors (Lipinski definition) is 6. The number of likely N-dealkylation sites (tertiary alicyclic amines) is 1. The maximum absolute atomic E-state index is 12.6. The third-order valence-electron chi connectivity index (χ3n) is 9.86. The van der Waals surface area contributed by atoms with E-state index in [1.165, 1.54) is 18.4 Å². The number of phenolic OH excluding ortho intramolecular Hbond substituents is 1. The van der Waals surface area contributed by atoms with E-state index in [-0.39, 0.29) is 29.7 Å². The Kier molecular flexibility index (Phi) is 3.63. The van der Waals surface area contributed by atoms with E-state index in [1.54, 1.807) is 6.07 Å². The molecule has 1 aromatic rings. The maximum atomic E-state index is 12.6. The van der Waals surface area contributed by atoms with Crippen molar-refractivity contribution in [3.05, 3.63) is 29.3 Å². The Balaban J connectivity index is 1.30. The van der Waals surface area contributed by atoms with Crippen molar-refractivity contribution in [3.63, 3.8) is 0 Å². The van der Waals surface area contributed by atoms with E-state index < -0.39 is 23.2 Å². The highest BCUT2D eigenvalue weighted by Gasteiger charge is 2.97. The fourth-order valence-electron chi connectivity index (χ4n) is 8.95. The van der Waals surface area contributed by atoms with E-state index >= 15 is 0 Å². The summed E-state index contributed by atoms with van der Waals surface area (Å²) < 4.78 is 0. The van der Waals surface area contributed by atoms with Crippen molar-refractivity contribution >= 4 is 5.91 Å². The van der Waals surface area contributed by atoms with Gasteiger partial charge in [0.25, 0.3) is 0 Å². The van der Waals surface area contributed by atoms with E-state index in [0.29, 0.717) is 24.8 Å². The Morgan fingerprint density at radius 2 is 2.06 bits per heavy atom. The van der Waals surface area contributed by atoms with Gasteiger partial charge in [0.2, 0.25) is 5.91 Å². The molecule has 8 atom stereocenters. The second-order valence-electron chi connectivity index (χ2n) is 11.9. The second kappa shape index (κ2) is 5.87. The number of benzene rings is 1. The number of hydrogen-bond donors (Lipinski definition) is 4. The molecular weight excluding hydrogens is 406 g/mol. The van der Waals surface area contributed by atoms with E-state index in [0.717, 1.165) is 24.4 Å². The zero-order chi connectivity index (χ0) is 22.2. The SMILES string of the molecule is CN(C)CC(=O)N[C@H]1C[C@@]2(O)[C@@H]3N(CC4CC4)C4C5C43Cc3ccc(O)cc3[C@]52C[C@@H]1O. The van der Waals surface area contributed by atoms with Crippen LogP contribution in [0.15, 0.2) is 18.2 Å². The lowest BCUT2D eigenvalue weighted by Crippen LogP contribution is -2.76. The zero-order valence-corrected chi connectivity index (χ0v) is 18.8. The molecule has 2 bridgehead atoms. The smallest absolute Gasteiger partial charge is 0.234 e. The predicted octanol–water partition coefficient (Wildman–Crippen LogP) is 0.211. The minimum absolute atomic E-state index is 0.0703. The number of carbonyl (C=O) groups excluding carboxylic acids is 1. The van der Waals surface area contributed by atoms with Crippen LogP contribution in [0.5, 0.6) is 5.75 Å². The highest BCUT2D eigenvalue weighted by molar-refractivity contribution is 5.78. The van der Waals surface area contributed by atoms with E-state index in [1.807, 2.05) is 31.1 Å². The quantitative estimate of drug-likeness (QED) is 0.524. The lowest BCUT2D eigenvalue weighted by molar-refractivity contribution is -0.194. The monoisotopic (exact) mass is 439 g/mol. The van der Waals surface area contributed by atoms with Crippen LogP contribution in [-0.4, -0.2) is 88.0 Å². The van der Waals surface area contributed by atoms with Crippen LogP contribution >= 0.6 is 0 Å². The average Bonchev–Trinajstić information content (AvgIpc) is 3.59. The molecule has 1 amide bonds. The van der Waals surface area contributed by atoms with Gasteiger partial charge in [0, 0.05) is 35.9 Å². The summed E-state index contributed by atoms with van der Waals surface area (Å²) in [6.45, 7) is 1.32. The van der Waals surface area contributed by atoms with Gasteiger partial charge >= 0.3 is 0 Å². The minimum Gasteiger partial charge on any atom is -0.508 e. The van der Waals surface area contributed by atoms with Crippen LogP contribution in [-0.2, 0) is 16.6 Å². The number of nitrogens with one attached hydrogen (secondary N) is 1. The number of piperidine rings is 1. The predicted molar refractivity (Wildman–Crippen MR) is 117 cm³/mol. The Bertz CT molecular complexity index is 1030. The Morgan fingerprint density at radius 1 is 1.28 bits per heavy atom. The summed E-state index contributed by atoms with van der Waals surface area (Å²) in [6.07, 6.45) is 3.59. The number of aromatic hydroxyl groups is 1. The normalized spacial score (nSPS) is 47.3. The highest BCUT2D eigenvalue weighted by Crippen LogP contribution is 2.88. The first kappa shape index (κ1) is 19.8. The number of phenols is 1. The fourth-order valence-corrected chi connectivity index (χ4v) is 8.95. The molecule has 7 heteroatoms. The summed E-state index contributed by atoms with van der Waals surface area (Å²) in [4.78, 5) is 16.9. The van der Waals surface area contributed by atoms with Crippen molar-refractivity contribution in [2.24, 2.45) is 17.3 Å². The molecule has 5 fully saturated rings. The lowest BCUT2D eigenvalue weighted by atomic mass is 9.54. The van der Waals surface area contributed by atoms with E-state index in [9.17, 15) is 20.1 Å². The first-order chi connectivity index (χ1) is 15.2. The van der Waals surface area contributed by atoms with Gasteiger partial charge in [-0.15, -0.1) is 0 Å². The van der Waals surface area contributed by atoms with Gasteiger partial charge in [-0.05, 0) is 74.9 Å². The molecule has 1 heterocycles. The topological polar surface area (TPSA) is 96.3 Å². The zero-order valence-electron chi connectivity index (χ0n) is 18.8. The van der Waals surface area contributed by atoms with Gasteiger partial charge in [0.1, 0.15) is 5.75 Å². The van der Waals surface area contributed by atoms with Crippen LogP contribution in [0.2, 0.25) is 0 Å². The van der Waals surface area contributed by atoms with Crippen LogP contribution in [0.3, 0.4) is 0 Å². The summed E-state index contributed by atoms with van der Waals surface area (Å²) in [5, 5.41) is 37.2. The van der Waals surface area contributed by atoms with Gasteiger partial charge in [0.15, 0.2) is 0 Å².